The highest BCUT2D eigenvalue weighted by Crippen LogP contribution is 2.20. The lowest BCUT2D eigenvalue weighted by Gasteiger charge is -2.05. The van der Waals surface area contributed by atoms with Gasteiger partial charge in [-0.1, -0.05) is 23.5 Å². The molecule has 0 aliphatic carbocycles. The molecule has 2 aromatic carbocycles. The lowest BCUT2D eigenvalue weighted by atomic mass is 10.2. The summed E-state index contributed by atoms with van der Waals surface area (Å²) in [5.74, 6) is -2.39. The molecule has 0 aliphatic rings. The van der Waals surface area contributed by atoms with E-state index in [2.05, 4.69) is 4.99 Å². The van der Waals surface area contributed by atoms with Gasteiger partial charge in [-0.05, 0) is 30.3 Å². The van der Waals surface area contributed by atoms with Crippen molar-refractivity contribution in [3.05, 3.63) is 58.6 Å². The highest BCUT2D eigenvalue weighted by molar-refractivity contribution is 7.16. The first-order valence-corrected chi connectivity index (χ1v) is 9.48. The number of esters is 2. The Hall–Kier alpha value is -3.53. The molecule has 1 amide bonds. The van der Waals surface area contributed by atoms with Gasteiger partial charge in [-0.2, -0.15) is 4.99 Å². The molecular weight excluding hydrogens is 415 g/mol. The van der Waals surface area contributed by atoms with Crippen LogP contribution in [0.5, 0.6) is 5.75 Å². The number of hydrogen-bond acceptors (Lipinski definition) is 7. The number of aromatic nitrogens is 1. The third kappa shape index (κ3) is 4.71. The van der Waals surface area contributed by atoms with Crippen molar-refractivity contribution in [2.24, 2.45) is 4.99 Å². The number of nitrogens with zero attached hydrogens (tertiary/aromatic N) is 2. The zero-order valence-corrected chi connectivity index (χ0v) is 16.9. The SMILES string of the molecule is COC(=O)Cn1c(=NC(=O)COc2ccccc2F)sc2cc(C(=O)OC)ccc21. The van der Waals surface area contributed by atoms with E-state index in [9.17, 15) is 18.8 Å². The van der Waals surface area contributed by atoms with E-state index in [4.69, 9.17) is 14.2 Å². The number of rotatable bonds is 6. The normalized spacial score (nSPS) is 11.4. The van der Waals surface area contributed by atoms with Crippen LogP contribution in [0.25, 0.3) is 10.2 Å². The standard InChI is InChI=1S/C20H17FN2O6S/c1-27-18(25)10-23-14-8-7-12(19(26)28-2)9-16(14)30-20(23)22-17(24)11-29-15-6-4-3-5-13(15)21/h3-9H,10-11H2,1-2H3. The van der Waals surface area contributed by atoms with Gasteiger partial charge < -0.3 is 18.8 Å². The molecular formula is C20H17FN2O6S. The predicted molar refractivity (Wildman–Crippen MR) is 106 cm³/mol. The second-order valence-corrected chi connectivity index (χ2v) is 6.95. The minimum absolute atomic E-state index is 0.0671. The maximum Gasteiger partial charge on any atom is 0.337 e. The molecule has 0 unspecified atom stereocenters. The van der Waals surface area contributed by atoms with Crippen molar-refractivity contribution in [2.75, 3.05) is 20.8 Å². The number of hydrogen-bond donors (Lipinski definition) is 0. The summed E-state index contributed by atoms with van der Waals surface area (Å²) in [5.41, 5.74) is 0.900. The average molecular weight is 432 g/mol. The predicted octanol–water partition coefficient (Wildman–Crippen LogP) is 2.31. The molecule has 1 aromatic heterocycles. The number of carbonyl (C=O) groups is 3. The maximum atomic E-state index is 13.6. The lowest BCUT2D eigenvalue weighted by Crippen LogP contribution is -2.23. The number of halogens is 1. The van der Waals surface area contributed by atoms with E-state index in [1.165, 1.54) is 37.0 Å². The van der Waals surface area contributed by atoms with Gasteiger partial charge in [0.25, 0.3) is 5.91 Å². The van der Waals surface area contributed by atoms with E-state index in [-0.39, 0.29) is 17.1 Å². The highest BCUT2D eigenvalue weighted by Gasteiger charge is 2.15. The Balaban J connectivity index is 1.96. The molecule has 0 saturated carbocycles. The number of para-hydroxylation sites is 1. The smallest absolute Gasteiger partial charge is 0.337 e. The number of methoxy groups -OCH3 is 2. The summed E-state index contributed by atoms with van der Waals surface area (Å²) >= 11 is 1.10. The summed E-state index contributed by atoms with van der Waals surface area (Å²) in [6, 6.07) is 10.4. The quantitative estimate of drug-likeness (QED) is 0.555. The molecule has 0 fully saturated rings. The highest BCUT2D eigenvalue weighted by atomic mass is 32.1. The van der Waals surface area contributed by atoms with Crippen LogP contribution in [-0.2, 0) is 25.6 Å². The molecule has 0 aliphatic heterocycles. The third-order valence-electron chi connectivity index (χ3n) is 4.03. The van der Waals surface area contributed by atoms with Crippen LogP contribution >= 0.6 is 11.3 Å². The monoisotopic (exact) mass is 432 g/mol. The van der Waals surface area contributed by atoms with Crippen LogP contribution in [0.4, 0.5) is 4.39 Å². The number of carbonyl (C=O) groups excluding carboxylic acids is 3. The first kappa shape index (κ1) is 21.2. The summed E-state index contributed by atoms with van der Waals surface area (Å²) in [4.78, 5) is 40.1. The van der Waals surface area contributed by atoms with E-state index in [1.807, 2.05) is 0 Å². The third-order valence-corrected chi connectivity index (χ3v) is 5.07. The summed E-state index contributed by atoms with van der Waals surface area (Å²) < 4.78 is 30.3. The number of benzene rings is 2. The van der Waals surface area contributed by atoms with E-state index in [1.54, 1.807) is 24.3 Å². The zero-order chi connectivity index (χ0) is 21.7. The molecule has 0 bridgehead atoms. The van der Waals surface area contributed by atoms with Gasteiger partial charge in [0.2, 0.25) is 0 Å². The van der Waals surface area contributed by atoms with E-state index < -0.39 is 30.3 Å². The van der Waals surface area contributed by atoms with Gasteiger partial charge in [0.15, 0.2) is 23.0 Å². The van der Waals surface area contributed by atoms with Gasteiger partial charge >= 0.3 is 11.9 Å². The average Bonchev–Trinajstić information content (AvgIpc) is 3.08. The van der Waals surface area contributed by atoms with Gasteiger partial charge in [0.1, 0.15) is 6.54 Å². The van der Waals surface area contributed by atoms with Crippen LogP contribution < -0.4 is 9.54 Å². The van der Waals surface area contributed by atoms with Gasteiger partial charge in [-0.15, -0.1) is 0 Å². The molecule has 8 nitrogen and oxygen atoms in total. The van der Waals surface area contributed by atoms with E-state index >= 15 is 0 Å². The molecule has 1 heterocycles. The number of fused-ring (bicyclic) bond motifs is 1. The Morgan fingerprint density at radius 3 is 2.57 bits per heavy atom. The largest absolute Gasteiger partial charge is 0.481 e. The molecule has 156 valence electrons. The summed E-state index contributed by atoms with van der Waals surface area (Å²) in [5, 5.41) is 0. The number of amides is 1. The van der Waals surface area contributed by atoms with Crippen LogP contribution in [0.15, 0.2) is 47.5 Å². The molecule has 3 aromatic rings. The van der Waals surface area contributed by atoms with Crippen LogP contribution in [0, 0.1) is 5.82 Å². The number of thiazole rings is 1. The van der Waals surface area contributed by atoms with Crippen LogP contribution in [0.2, 0.25) is 0 Å². The first-order valence-electron chi connectivity index (χ1n) is 8.66. The molecule has 0 N–H and O–H groups in total. The van der Waals surface area contributed by atoms with Gasteiger partial charge in [0.05, 0.1) is 30.0 Å². The van der Waals surface area contributed by atoms with Crippen LogP contribution in [0.3, 0.4) is 0 Å². The zero-order valence-electron chi connectivity index (χ0n) is 16.1. The van der Waals surface area contributed by atoms with Crippen molar-refractivity contribution in [3.8, 4) is 5.75 Å². The molecule has 3 rings (SSSR count). The van der Waals surface area contributed by atoms with Gasteiger partial charge in [0, 0.05) is 0 Å². The minimum atomic E-state index is -0.670. The summed E-state index contributed by atoms with van der Waals surface area (Å²) in [7, 11) is 2.52. The Bertz CT molecular complexity index is 1180. The van der Waals surface area contributed by atoms with E-state index in [0.717, 1.165) is 11.3 Å². The lowest BCUT2D eigenvalue weighted by molar-refractivity contribution is -0.141. The molecule has 0 atom stereocenters. The Morgan fingerprint density at radius 1 is 1.10 bits per heavy atom. The minimum Gasteiger partial charge on any atom is -0.481 e. The van der Waals surface area contributed by atoms with E-state index in [0.29, 0.717) is 15.8 Å². The fraction of sp³-hybridized carbons (Fsp3) is 0.200. The second-order valence-electron chi connectivity index (χ2n) is 5.95. The molecule has 0 radical (unpaired) electrons. The van der Waals surface area contributed by atoms with Crippen molar-refractivity contribution in [2.45, 2.75) is 6.54 Å². The summed E-state index contributed by atoms with van der Waals surface area (Å²) in [6.45, 7) is -0.671. The molecule has 0 saturated heterocycles. The van der Waals surface area contributed by atoms with Gasteiger partial charge in [-0.3, -0.25) is 9.59 Å². The molecule has 0 spiro atoms. The van der Waals surface area contributed by atoms with Crippen molar-refractivity contribution in [3.63, 3.8) is 0 Å². The second kappa shape index (κ2) is 9.31. The molecule has 10 heteroatoms. The topological polar surface area (TPSA) is 96.2 Å². The van der Waals surface area contributed by atoms with Crippen molar-refractivity contribution in [1.82, 2.24) is 4.57 Å². The van der Waals surface area contributed by atoms with Crippen LogP contribution in [-0.4, -0.2) is 43.2 Å². The van der Waals surface area contributed by atoms with Gasteiger partial charge in [-0.25, -0.2) is 9.18 Å². The fourth-order valence-corrected chi connectivity index (χ4v) is 3.68. The van der Waals surface area contributed by atoms with Crippen molar-refractivity contribution in [1.29, 1.82) is 0 Å². The van der Waals surface area contributed by atoms with Crippen molar-refractivity contribution < 1.29 is 33.0 Å². The first-order chi connectivity index (χ1) is 14.4. The molecule has 30 heavy (non-hydrogen) atoms. The van der Waals surface area contributed by atoms with Crippen LogP contribution in [0.1, 0.15) is 10.4 Å². The Kier molecular flexibility index (Phi) is 6.58. The Morgan fingerprint density at radius 2 is 1.87 bits per heavy atom. The Labute approximate surface area is 174 Å². The maximum absolute atomic E-state index is 13.6. The fourth-order valence-electron chi connectivity index (χ4n) is 2.59. The summed E-state index contributed by atoms with van der Waals surface area (Å²) in [6.07, 6.45) is 0. The number of ether oxygens (including phenoxy) is 3. The van der Waals surface area contributed by atoms with Crippen molar-refractivity contribution >= 4 is 39.4 Å².